The quantitative estimate of drug-likeness (QED) is 0.788. The summed E-state index contributed by atoms with van der Waals surface area (Å²) in [6.07, 6.45) is 2.38. The molecule has 1 atom stereocenters. The summed E-state index contributed by atoms with van der Waals surface area (Å²) < 4.78 is 18.1. The third-order valence-electron chi connectivity index (χ3n) is 2.53. The van der Waals surface area contributed by atoms with Gasteiger partial charge >= 0.3 is 0 Å². The zero-order chi connectivity index (χ0) is 11.4. The second-order valence-electron chi connectivity index (χ2n) is 3.68. The normalized spacial score (nSPS) is 21.1. The van der Waals surface area contributed by atoms with Crippen molar-refractivity contribution < 1.29 is 9.13 Å². The molecule has 0 spiro atoms. The minimum absolute atomic E-state index is 0.198. The van der Waals surface area contributed by atoms with E-state index in [1.807, 2.05) is 11.9 Å². The molecule has 1 aliphatic rings. The summed E-state index contributed by atoms with van der Waals surface area (Å²) >= 11 is 0. The van der Waals surface area contributed by atoms with Crippen molar-refractivity contribution in [3.63, 3.8) is 0 Å². The predicted molar refractivity (Wildman–Crippen MR) is 57.9 cm³/mol. The first kappa shape index (κ1) is 11.2. The molecule has 2 rings (SSSR count). The molecule has 1 fully saturated rings. The standard InChI is InChI=1S/C10H15FN4O/c1-12-6-9-7-16-3-2-15(9)10-13-4-8(11)5-14-10/h4-5,9,12H,2-3,6-7H2,1H3. The molecule has 0 bridgehead atoms. The van der Waals surface area contributed by atoms with E-state index in [0.29, 0.717) is 19.2 Å². The fourth-order valence-electron chi connectivity index (χ4n) is 1.78. The lowest BCUT2D eigenvalue weighted by Gasteiger charge is -2.35. The molecule has 1 aromatic heterocycles. The number of hydrogen-bond donors (Lipinski definition) is 1. The third kappa shape index (κ3) is 2.45. The van der Waals surface area contributed by atoms with Crippen molar-refractivity contribution >= 4 is 5.95 Å². The van der Waals surface area contributed by atoms with Gasteiger partial charge in [0, 0.05) is 13.1 Å². The first-order chi connectivity index (χ1) is 7.81. The molecule has 0 radical (unpaired) electrons. The number of nitrogens with zero attached hydrogens (tertiary/aromatic N) is 3. The second-order valence-corrected chi connectivity index (χ2v) is 3.68. The Kier molecular flexibility index (Phi) is 3.63. The monoisotopic (exact) mass is 226 g/mol. The number of halogens is 1. The van der Waals surface area contributed by atoms with Crippen molar-refractivity contribution in [3.05, 3.63) is 18.2 Å². The summed E-state index contributed by atoms with van der Waals surface area (Å²) in [5.74, 6) is 0.145. The Bertz CT molecular complexity index is 330. The number of likely N-dealkylation sites (N-methyl/N-ethyl adjacent to an activating group) is 1. The van der Waals surface area contributed by atoms with E-state index < -0.39 is 5.82 Å². The number of aromatic nitrogens is 2. The van der Waals surface area contributed by atoms with Crippen LogP contribution in [0, 0.1) is 5.82 Å². The lowest BCUT2D eigenvalue weighted by molar-refractivity contribution is 0.0934. The molecular formula is C10H15FN4O. The molecule has 0 amide bonds. The summed E-state index contributed by atoms with van der Waals surface area (Å²) in [5.41, 5.74) is 0. The zero-order valence-electron chi connectivity index (χ0n) is 9.19. The lowest BCUT2D eigenvalue weighted by atomic mass is 10.2. The molecule has 6 heteroatoms. The van der Waals surface area contributed by atoms with E-state index in [1.165, 1.54) is 12.4 Å². The first-order valence-corrected chi connectivity index (χ1v) is 5.28. The predicted octanol–water partition coefficient (Wildman–Crippen LogP) is 0.0403. The van der Waals surface area contributed by atoms with Crippen LogP contribution >= 0.6 is 0 Å². The van der Waals surface area contributed by atoms with Crippen molar-refractivity contribution in [3.8, 4) is 0 Å². The Hall–Kier alpha value is -1.27. The van der Waals surface area contributed by atoms with Gasteiger partial charge in [-0.3, -0.25) is 0 Å². The second kappa shape index (κ2) is 5.18. The highest BCUT2D eigenvalue weighted by Gasteiger charge is 2.24. The molecule has 1 N–H and O–H groups in total. The Labute approximate surface area is 93.6 Å². The maximum Gasteiger partial charge on any atom is 0.225 e. The molecule has 1 aromatic rings. The Morgan fingerprint density at radius 3 is 3.00 bits per heavy atom. The number of anilines is 1. The maximum absolute atomic E-state index is 12.7. The van der Waals surface area contributed by atoms with Gasteiger partial charge in [-0.25, -0.2) is 14.4 Å². The number of rotatable bonds is 3. The first-order valence-electron chi connectivity index (χ1n) is 5.28. The average molecular weight is 226 g/mol. The zero-order valence-corrected chi connectivity index (χ0v) is 9.19. The van der Waals surface area contributed by atoms with Gasteiger partial charge in [-0.15, -0.1) is 0 Å². The molecule has 2 heterocycles. The SMILES string of the molecule is CNCC1COCCN1c1ncc(F)cn1. The highest BCUT2D eigenvalue weighted by Crippen LogP contribution is 2.14. The van der Waals surface area contributed by atoms with Gasteiger partial charge in [-0.05, 0) is 7.05 Å². The van der Waals surface area contributed by atoms with E-state index in [-0.39, 0.29) is 6.04 Å². The van der Waals surface area contributed by atoms with Crippen molar-refractivity contribution in [2.45, 2.75) is 6.04 Å². The third-order valence-corrected chi connectivity index (χ3v) is 2.53. The molecule has 1 unspecified atom stereocenters. The van der Waals surface area contributed by atoms with Crippen LogP contribution in [0.2, 0.25) is 0 Å². The summed E-state index contributed by atoms with van der Waals surface area (Å²) in [7, 11) is 1.89. The van der Waals surface area contributed by atoms with Gasteiger partial charge in [-0.1, -0.05) is 0 Å². The number of hydrogen-bond acceptors (Lipinski definition) is 5. The van der Waals surface area contributed by atoms with Gasteiger partial charge in [-0.2, -0.15) is 0 Å². The van der Waals surface area contributed by atoms with Crippen LogP contribution in [0.25, 0.3) is 0 Å². The summed E-state index contributed by atoms with van der Waals surface area (Å²) in [6, 6.07) is 0.198. The minimum Gasteiger partial charge on any atom is -0.377 e. The van der Waals surface area contributed by atoms with Crippen LogP contribution in [0.5, 0.6) is 0 Å². The fourth-order valence-corrected chi connectivity index (χ4v) is 1.78. The molecule has 0 saturated carbocycles. The van der Waals surface area contributed by atoms with Crippen LogP contribution in [0.3, 0.4) is 0 Å². The van der Waals surface area contributed by atoms with E-state index in [9.17, 15) is 4.39 Å². The van der Waals surface area contributed by atoms with Crippen LogP contribution in [0.15, 0.2) is 12.4 Å². The van der Waals surface area contributed by atoms with E-state index in [1.54, 1.807) is 0 Å². The van der Waals surface area contributed by atoms with Crippen molar-refractivity contribution in [2.75, 3.05) is 38.3 Å². The van der Waals surface area contributed by atoms with Gasteiger partial charge in [0.2, 0.25) is 5.95 Å². The van der Waals surface area contributed by atoms with Crippen molar-refractivity contribution in [1.29, 1.82) is 0 Å². The van der Waals surface area contributed by atoms with Crippen molar-refractivity contribution in [1.82, 2.24) is 15.3 Å². The van der Waals surface area contributed by atoms with E-state index in [2.05, 4.69) is 15.3 Å². The smallest absolute Gasteiger partial charge is 0.225 e. The Morgan fingerprint density at radius 1 is 1.56 bits per heavy atom. The lowest BCUT2D eigenvalue weighted by Crippen LogP contribution is -2.50. The van der Waals surface area contributed by atoms with E-state index in [0.717, 1.165) is 13.1 Å². The van der Waals surface area contributed by atoms with Crippen LogP contribution in [0.1, 0.15) is 0 Å². The van der Waals surface area contributed by atoms with Crippen LogP contribution < -0.4 is 10.2 Å². The Morgan fingerprint density at radius 2 is 2.31 bits per heavy atom. The van der Waals surface area contributed by atoms with Crippen LogP contribution in [0.4, 0.5) is 10.3 Å². The molecule has 16 heavy (non-hydrogen) atoms. The number of nitrogens with one attached hydrogen (secondary N) is 1. The van der Waals surface area contributed by atoms with Crippen LogP contribution in [-0.2, 0) is 4.74 Å². The largest absolute Gasteiger partial charge is 0.377 e. The highest BCUT2D eigenvalue weighted by atomic mass is 19.1. The molecule has 0 aliphatic carbocycles. The molecule has 1 saturated heterocycles. The fraction of sp³-hybridized carbons (Fsp3) is 0.600. The molecule has 0 aromatic carbocycles. The van der Waals surface area contributed by atoms with E-state index >= 15 is 0 Å². The number of morpholine rings is 1. The average Bonchev–Trinajstić information content (AvgIpc) is 2.32. The number of ether oxygens (including phenoxy) is 1. The molecule has 88 valence electrons. The molecule has 5 nitrogen and oxygen atoms in total. The highest BCUT2D eigenvalue weighted by molar-refractivity contribution is 5.31. The van der Waals surface area contributed by atoms with Gasteiger partial charge in [0.05, 0.1) is 31.6 Å². The van der Waals surface area contributed by atoms with Crippen molar-refractivity contribution in [2.24, 2.45) is 0 Å². The summed E-state index contributed by atoms with van der Waals surface area (Å²) in [4.78, 5) is 10.0. The van der Waals surface area contributed by atoms with E-state index in [4.69, 9.17) is 4.74 Å². The van der Waals surface area contributed by atoms with Gasteiger partial charge in [0.15, 0.2) is 5.82 Å². The summed E-state index contributed by atoms with van der Waals surface area (Å²) in [6.45, 7) is 2.82. The van der Waals surface area contributed by atoms with Gasteiger partial charge in [0.1, 0.15) is 0 Å². The van der Waals surface area contributed by atoms with Gasteiger partial charge in [0.25, 0.3) is 0 Å². The summed E-state index contributed by atoms with van der Waals surface area (Å²) in [5, 5.41) is 3.10. The van der Waals surface area contributed by atoms with Gasteiger partial charge < -0.3 is 15.0 Å². The van der Waals surface area contributed by atoms with Crippen LogP contribution in [-0.4, -0.2) is 49.4 Å². The Balaban J connectivity index is 2.13. The molecular weight excluding hydrogens is 211 g/mol. The minimum atomic E-state index is -0.415. The molecule has 1 aliphatic heterocycles. The maximum atomic E-state index is 12.7. The topological polar surface area (TPSA) is 50.3 Å².